The molecule has 1 saturated heterocycles. The number of nitrogens with one attached hydrogen (secondary N) is 1. The minimum Gasteiger partial charge on any atom is -0.338 e. The number of hydrogen-bond donors (Lipinski definition) is 1. The monoisotopic (exact) mass is 447 g/mol. The van der Waals surface area contributed by atoms with Crippen LogP contribution in [0.2, 0.25) is 0 Å². The van der Waals surface area contributed by atoms with Gasteiger partial charge in [-0.25, -0.2) is 13.2 Å². The van der Waals surface area contributed by atoms with Gasteiger partial charge in [0.1, 0.15) is 0 Å². The molecule has 30 heavy (non-hydrogen) atoms. The highest BCUT2D eigenvalue weighted by Gasteiger charge is 2.28. The molecule has 0 radical (unpaired) electrons. The molecule has 0 saturated carbocycles. The van der Waals surface area contributed by atoms with Crippen molar-refractivity contribution in [1.82, 2.24) is 14.5 Å². The number of carbonyl (C=O) groups excluding carboxylic acids is 1. The maximum absolute atomic E-state index is 12.9. The molecule has 162 valence electrons. The first-order valence-corrected chi connectivity index (χ1v) is 12.7. The molecular formula is C22H29N3O3S2. The fraction of sp³-hybridized carbons (Fsp3) is 0.409. The van der Waals surface area contributed by atoms with Gasteiger partial charge in [0.15, 0.2) is 0 Å². The van der Waals surface area contributed by atoms with Crippen LogP contribution in [0.3, 0.4) is 0 Å². The predicted octanol–water partition coefficient (Wildman–Crippen LogP) is 3.58. The molecule has 1 aliphatic heterocycles. The van der Waals surface area contributed by atoms with E-state index in [-0.39, 0.29) is 6.03 Å². The Bertz CT molecular complexity index is 918. The number of hydrogen-bond acceptors (Lipinski definition) is 4. The zero-order chi connectivity index (χ0) is 21.4. The lowest BCUT2D eigenvalue weighted by atomic mass is 10.2. The van der Waals surface area contributed by atoms with Gasteiger partial charge in [-0.2, -0.15) is 4.31 Å². The van der Waals surface area contributed by atoms with Gasteiger partial charge in [0.25, 0.3) is 0 Å². The topological polar surface area (TPSA) is 69.7 Å². The summed E-state index contributed by atoms with van der Waals surface area (Å²) in [4.78, 5) is 15.7. The largest absolute Gasteiger partial charge is 0.338 e. The minimum atomic E-state index is -3.53. The van der Waals surface area contributed by atoms with Crippen molar-refractivity contribution in [2.24, 2.45) is 0 Å². The lowest BCUT2D eigenvalue weighted by Gasteiger charge is -2.22. The Kier molecular flexibility index (Phi) is 8.18. The van der Waals surface area contributed by atoms with E-state index >= 15 is 0 Å². The van der Waals surface area contributed by atoms with Crippen LogP contribution in [0.5, 0.6) is 0 Å². The summed E-state index contributed by atoms with van der Waals surface area (Å²) in [5.74, 6) is 0.937. The summed E-state index contributed by atoms with van der Waals surface area (Å²) in [6.45, 7) is 4.24. The van der Waals surface area contributed by atoms with Crippen molar-refractivity contribution >= 4 is 27.8 Å². The number of aryl methyl sites for hydroxylation is 1. The van der Waals surface area contributed by atoms with Crippen molar-refractivity contribution in [1.29, 1.82) is 0 Å². The SMILES string of the molecule is Cc1ccc(S(=O)(=O)N2CCCN(C(=O)NCCCSc3ccccc3)CC2)cc1. The lowest BCUT2D eigenvalue weighted by molar-refractivity contribution is 0.200. The molecule has 2 aromatic rings. The van der Waals surface area contributed by atoms with Crippen LogP contribution in [-0.2, 0) is 10.0 Å². The van der Waals surface area contributed by atoms with Gasteiger partial charge in [-0.3, -0.25) is 0 Å². The molecule has 2 amide bonds. The number of carbonyl (C=O) groups is 1. The van der Waals surface area contributed by atoms with Crippen LogP contribution in [0, 0.1) is 6.92 Å². The summed E-state index contributed by atoms with van der Waals surface area (Å²) in [5, 5.41) is 2.96. The Labute approximate surface area is 183 Å². The Morgan fingerprint density at radius 3 is 2.47 bits per heavy atom. The summed E-state index contributed by atoms with van der Waals surface area (Å²) < 4.78 is 27.3. The fourth-order valence-electron chi connectivity index (χ4n) is 3.28. The van der Waals surface area contributed by atoms with Crippen LogP contribution < -0.4 is 5.32 Å². The highest BCUT2D eigenvalue weighted by atomic mass is 32.2. The average molecular weight is 448 g/mol. The van der Waals surface area contributed by atoms with Crippen molar-refractivity contribution in [2.45, 2.75) is 29.6 Å². The highest BCUT2D eigenvalue weighted by molar-refractivity contribution is 7.99. The van der Waals surface area contributed by atoms with E-state index in [9.17, 15) is 13.2 Å². The molecule has 2 aromatic carbocycles. The van der Waals surface area contributed by atoms with Crippen LogP contribution in [0.4, 0.5) is 4.79 Å². The van der Waals surface area contributed by atoms with Gasteiger partial charge in [0.2, 0.25) is 10.0 Å². The second kappa shape index (κ2) is 10.8. The summed E-state index contributed by atoms with van der Waals surface area (Å²) in [6, 6.07) is 17.0. The van der Waals surface area contributed by atoms with E-state index < -0.39 is 10.0 Å². The molecule has 3 rings (SSSR count). The first kappa shape index (κ1) is 22.7. The zero-order valence-corrected chi connectivity index (χ0v) is 18.9. The molecule has 6 nitrogen and oxygen atoms in total. The fourth-order valence-corrected chi connectivity index (χ4v) is 5.63. The predicted molar refractivity (Wildman–Crippen MR) is 121 cm³/mol. The lowest BCUT2D eigenvalue weighted by Crippen LogP contribution is -2.43. The second-order valence-corrected chi connectivity index (χ2v) is 10.4. The van der Waals surface area contributed by atoms with Crippen molar-refractivity contribution < 1.29 is 13.2 Å². The molecule has 1 fully saturated rings. The minimum absolute atomic E-state index is 0.116. The summed E-state index contributed by atoms with van der Waals surface area (Å²) in [7, 11) is -3.53. The molecule has 8 heteroatoms. The number of nitrogens with zero attached hydrogens (tertiary/aromatic N) is 2. The average Bonchev–Trinajstić information content (AvgIpc) is 3.01. The molecular weight excluding hydrogens is 418 g/mol. The van der Waals surface area contributed by atoms with Crippen LogP contribution in [0.1, 0.15) is 18.4 Å². The molecule has 1 aliphatic rings. The summed E-state index contributed by atoms with van der Waals surface area (Å²) in [5.41, 5.74) is 1.02. The highest BCUT2D eigenvalue weighted by Crippen LogP contribution is 2.19. The Balaban J connectivity index is 1.44. The molecule has 1 heterocycles. The summed E-state index contributed by atoms with van der Waals surface area (Å²) >= 11 is 1.77. The molecule has 0 aliphatic carbocycles. The third kappa shape index (κ3) is 6.23. The van der Waals surface area contributed by atoms with E-state index in [1.807, 2.05) is 25.1 Å². The second-order valence-electron chi connectivity index (χ2n) is 7.30. The van der Waals surface area contributed by atoms with E-state index in [0.29, 0.717) is 44.0 Å². The van der Waals surface area contributed by atoms with Gasteiger partial charge in [-0.1, -0.05) is 35.9 Å². The third-order valence-electron chi connectivity index (χ3n) is 5.01. The smallest absolute Gasteiger partial charge is 0.317 e. The quantitative estimate of drug-likeness (QED) is 0.520. The van der Waals surface area contributed by atoms with Crippen molar-refractivity contribution in [3.05, 3.63) is 60.2 Å². The summed E-state index contributed by atoms with van der Waals surface area (Å²) in [6.07, 6.45) is 1.51. The number of amides is 2. The van der Waals surface area contributed by atoms with Crippen molar-refractivity contribution in [3.8, 4) is 0 Å². The molecule has 0 aromatic heterocycles. The van der Waals surface area contributed by atoms with Gasteiger partial charge >= 0.3 is 6.03 Å². The Morgan fingerprint density at radius 1 is 1.00 bits per heavy atom. The van der Waals surface area contributed by atoms with Crippen LogP contribution in [0.15, 0.2) is 64.4 Å². The number of sulfonamides is 1. The van der Waals surface area contributed by atoms with Crippen molar-refractivity contribution in [3.63, 3.8) is 0 Å². The first-order valence-electron chi connectivity index (χ1n) is 10.2. The Hall–Kier alpha value is -2.03. The maximum Gasteiger partial charge on any atom is 0.317 e. The van der Waals surface area contributed by atoms with E-state index in [1.165, 1.54) is 9.20 Å². The van der Waals surface area contributed by atoms with E-state index in [4.69, 9.17) is 0 Å². The van der Waals surface area contributed by atoms with E-state index in [0.717, 1.165) is 17.7 Å². The number of urea groups is 1. The van der Waals surface area contributed by atoms with Crippen LogP contribution in [0.25, 0.3) is 0 Å². The Morgan fingerprint density at radius 2 is 1.73 bits per heavy atom. The van der Waals surface area contributed by atoms with Crippen molar-refractivity contribution in [2.75, 3.05) is 38.5 Å². The zero-order valence-electron chi connectivity index (χ0n) is 17.3. The van der Waals surface area contributed by atoms with Gasteiger partial charge in [0.05, 0.1) is 4.90 Å². The molecule has 0 unspecified atom stereocenters. The van der Waals surface area contributed by atoms with Crippen LogP contribution >= 0.6 is 11.8 Å². The normalized spacial score (nSPS) is 15.6. The van der Waals surface area contributed by atoms with E-state index in [1.54, 1.807) is 40.9 Å². The van der Waals surface area contributed by atoms with Gasteiger partial charge in [0, 0.05) is 37.6 Å². The first-order chi connectivity index (χ1) is 14.5. The van der Waals surface area contributed by atoms with E-state index in [2.05, 4.69) is 17.4 Å². The molecule has 1 N–H and O–H groups in total. The number of thioether (sulfide) groups is 1. The number of benzene rings is 2. The standard InChI is InChI=1S/C22H29N3O3S2/c1-19-9-11-21(12-10-19)30(27,28)25-15-6-14-24(16-17-25)22(26)23-13-5-18-29-20-7-3-2-4-8-20/h2-4,7-12H,5-6,13-18H2,1H3,(H,23,26). The molecule has 0 spiro atoms. The third-order valence-corrected chi connectivity index (χ3v) is 8.02. The molecule has 0 bridgehead atoms. The maximum atomic E-state index is 12.9. The van der Waals surface area contributed by atoms with Gasteiger partial charge in [-0.15, -0.1) is 11.8 Å². The van der Waals surface area contributed by atoms with Crippen LogP contribution in [-0.4, -0.2) is 62.1 Å². The van der Waals surface area contributed by atoms with Gasteiger partial charge < -0.3 is 10.2 Å². The van der Waals surface area contributed by atoms with Gasteiger partial charge in [-0.05, 0) is 49.8 Å². The molecule has 0 atom stereocenters. The number of rotatable bonds is 7.